The highest BCUT2D eigenvalue weighted by Crippen LogP contribution is 2.26. The number of imide groups is 3. The van der Waals surface area contributed by atoms with Crippen molar-refractivity contribution in [3.63, 3.8) is 0 Å². The van der Waals surface area contributed by atoms with Crippen LogP contribution in [-0.2, 0) is 48.0 Å². The van der Waals surface area contributed by atoms with Crippen molar-refractivity contribution in [1.82, 2.24) is 0 Å². The van der Waals surface area contributed by atoms with Gasteiger partial charge in [0.2, 0.25) is 0 Å². The Labute approximate surface area is 275 Å². The second-order valence-electron chi connectivity index (χ2n) is 11.7. The molecular formula is C39H27N3O6. The zero-order chi connectivity index (χ0) is 33.4. The molecule has 0 radical (unpaired) electrons. The summed E-state index contributed by atoms with van der Waals surface area (Å²) < 4.78 is 0. The van der Waals surface area contributed by atoms with Crippen molar-refractivity contribution in [1.29, 1.82) is 0 Å². The molecule has 0 bridgehead atoms. The maximum absolute atomic E-state index is 12.1. The van der Waals surface area contributed by atoms with Gasteiger partial charge in [0.05, 0.1) is 17.1 Å². The van der Waals surface area contributed by atoms with Gasteiger partial charge in [-0.1, -0.05) is 54.6 Å². The normalized spacial score (nSPS) is 15.6. The van der Waals surface area contributed by atoms with E-state index >= 15 is 0 Å². The van der Waals surface area contributed by atoms with E-state index in [1.54, 1.807) is 36.4 Å². The van der Waals surface area contributed by atoms with Crippen LogP contribution < -0.4 is 14.7 Å². The second-order valence-corrected chi connectivity index (χ2v) is 11.7. The molecular weight excluding hydrogens is 606 g/mol. The van der Waals surface area contributed by atoms with Crippen molar-refractivity contribution < 1.29 is 28.8 Å². The number of anilines is 3. The van der Waals surface area contributed by atoms with Gasteiger partial charge in [-0.05, 0) is 89.0 Å². The lowest BCUT2D eigenvalue weighted by Gasteiger charge is -2.16. The second kappa shape index (κ2) is 12.4. The Morgan fingerprint density at radius 3 is 0.708 bits per heavy atom. The largest absolute Gasteiger partial charge is 0.269 e. The van der Waals surface area contributed by atoms with E-state index in [4.69, 9.17) is 0 Å². The summed E-state index contributed by atoms with van der Waals surface area (Å²) in [5.41, 5.74) is 7.76. The standard InChI is InChI=1S/C39H27N3O6/c43-34-13-14-35(44)40(34)31-7-1-25(2-8-31)19-28-22-29(20-26-3-9-32(10-4-26)41-36(45)15-16-37(41)46)24-30(23-28)21-27-5-11-33(12-6-27)42-38(47)17-18-39(42)48/h1-18,22-24H,19-21H2. The Morgan fingerprint density at radius 1 is 0.292 bits per heavy atom. The molecule has 9 nitrogen and oxygen atoms in total. The molecule has 0 fully saturated rings. The van der Waals surface area contributed by atoms with E-state index < -0.39 is 0 Å². The first-order chi connectivity index (χ1) is 23.2. The van der Waals surface area contributed by atoms with E-state index in [2.05, 4.69) is 18.2 Å². The number of carbonyl (C=O) groups is 6. The average Bonchev–Trinajstić information content (AvgIpc) is 3.72. The van der Waals surface area contributed by atoms with Crippen LogP contribution >= 0.6 is 0 Å². The minimum Gasteiger partial charge on any atom is -0.269 e. The molecule has 0 unspecified atom stereocenters. The summed E-state index contributed by atoms with van der Waals surface area (Å²) in [4.78, 5) is 76.1. The lowest BCUT2D eigenvalue weighted by atomic mass is 9.94. The molecule has 0 saturated carbocycles. The van der Waals surface area contributed by atoms with Gasteiger partial charge in [-0.25, -0.2) is 14.7 Å². The molecule has 3 aliphatic rings. The van der Waals surface area contributed by atoms with Crippen LogP contribution in [0.1, 0.15) is 33.4 Å². The maximum Gasteiger partial charge on any atom is 0.258 e. The first kappa shape index (κ1) is 30.2. The highest BCUT2D eigenvalue weighted by molar-refractivity contribution is 6.29. The number of hydrogen-bond acceptors (Lipinski definition) is 6. The summed E-state index contributed by atoms with van der Waals surface area (Å²) in [7, 11) is 0. The first-order valence-electron chi connectivity index (χ1n) is 15.3. The van der Waals surface area contributed by atoms with Crippen LogP contribution in [-0.4, -0.2) is 35.4 Å². The monoisotopic (exact) mass is 633 g/mol. The van der Waals surface area contributed by atoms with Crippen molar-refractivity contribution in [3.8, 4) is 0 Å². The molecule has 48 heavy (non-hydrogen) atoms. The molecule has 0 saturated heterocycles. The quantitative estimate of drug-likeness (QED) is 0.246. The number of benzene rings is 4. The fourth-order valence-electron chi connectivity index (χ4n) is 6.11. The molecule has 4 aromatic rings. The molecule has 3 aliphatic heterocycles. The van der Waals surface area contributed by atoms with Gasteiger partial charge in [0.1, 0.15) is 0 Å². The van der Waals surface area contributed by atoms with Crippen molar-refractivity contribution in [3.05, 3.63) is 161 Å². The van der Waals surface area contributed by atoms with E-state index in [9.17, 15) is 28.8 Å². The van der Waals surface area contributed by atoms with Crippen molar-refractivity contribution in [2.45, 2.75) is 19.3 Å². The average molecular weight is 634 g/mol. The summed E-state index contributed by atoms with van der Waals surface area (Å²) in [6.45, 7) is 0. The smallest absolute Gasteiger partial charge is 0.258 e. The van der Waals surface area contributed by atoms with Crippen molar-refractivity contribution >= 4 is 52.5 Å². The van der Waals surface area contributed by atoms with E-state index in [1.807, 2.05) is 36.4 Å². The molecule has 7 rings (SSSR count). The van der Waals surface area contributed by atoms with E-state index in [-0.39, 0.29) is 35.4 Å². The summed E-state index contributed by atoms with van der Waals surface area (Å²) in [5.74, 6) is -2.18. The van der Waals surface area contributed by atoms with Crippen LogP contribution in [0.2, 0.25) is 0 Å². The molecule has 0 atom stereocenters. The predicted molar refractivity (Wildman–Crippen MR) is 179 cm³/mol. The topological polar surface area (TPSA) is 112 Å². The van der Waals surface area contributed by atoms with Crippen LogP contribution in [0.25, 0.3) is 0 Å². The van der Waals surface area contributed by atoms with Crippen LogP contribution in [0.4, 0.5) is 17.1 Å². The summed E-state index contributed by atoms with van der Waals surface area (Å²) in [6, 6.07) is 28.5. The Balaban J connectivity index is 1.14. The number of hydrogen-bond donors (Lipinski definition) is 0. The third kappa shape index (κ3) is 6.04. The summed E-state index contributed by atoms with van der Waals surface area (Å²) in [5, 5.41) is 0. The molecule has 9 heteroatoms. The van der Waals surface area contributed by atoms with Gasteiger partial charge in [0.15, 0.2) is 0 Å². The van der Waals surface area contributed by atoms with Gasteiger partial charge in [-0.15, -0.1) is 0 Å². The maximum atomic E-state index is 12.1. The summed E-state index contributed by atoms with van der Waals surface area (Å²) >= 11 is 0. The third-order valence-electron chi connectivity index (χ3n) is 8.35. The van der Waals surface area contributed by atoms with Crippen LogP contribution in [0, 0.1) is 0 Å². The lowest BCUT2D eigenvalue weighted by molar-refractivity contribution is -0.121. The molecule has 0 aromatic heterocycles. The molecule has 4 aromatic carbocycles. The van der Waals surface area contributed by atoms with Crippen LogP contribution in [0.15, 0.2) is 127 Å². The van der Waals surface area contributed by atoms with Crippen LogP contribution in [0.3, 0.4) is 0 Å². The highest BCUT2D eigenvalue weighted by atomic mass is 16.2. The van der Waals surface area contributed by atoms with Crippen LogP contribution in [0.5, 0.6) is 0 Å². The predicted octanol–water partition coefficient (Wildman–Crippen LogP) is 4.75. The van der Waals surface area contributed by atoms with Gasteiger partial charge in [-0.2, -0.15) is 0 Å². The Kier molecular flexibility index (Phi) is 7.78. The van der Waals surface area contributed by atoms with Gasteiger partial charge in [0.25, 0.3) is 35.4 Å². The van der Waals surface area contributed by atoms with E-state index in [1.165, 1.54) is 36.5 Å². The number of rotatable bonds is 9. The highest BCUT2D eigenvalue weighted by Gasteiger charge is 2.27. The zero-order valence-electron chi connectivity index (χ0n) is 25.5. The molecule has 3 heterocycles. The lowest BCUT2D eigenvalue weighted by Crippen LogP contribution is -2.29. The van der Waals surface area contributed by atoms with E-state index in [0.29, 0.717) is 36.3 Å². The minimum absolute atomic E-state index is 0.364. The minimum atomic E-state index is -0.364. The van der Waals surface area contributed by atoms with Crippen molar-refractivity contribution in [2.75, 3.05) is 14.7 Å². The molecule has 0 aliphatic carbocycles. The molecule has 0 N–H and O–H groups in total. The van der Waals surface area contributed by atoms with Crippen molar-refractivity contribution in [2.24, 2.45) is 0 Å². The molecule has 234 valence electrons. The third-order valence-corrected chi connectivity index (χ3v) is 8.35. The Bertz CT molecular complexity index is 1800. The Hall–Kier alpha value is -6.48. The molecule has 6 amide bonds. The van der Waals surface area contributed by atoms with Gasteiger partial charge < -0.3 is 0 Å². The zero-order valence-corrected chi connectivity index (χ0v) is 25.5. The fourth-order valence-corrected chi connectivity index (χ4v) is 6.11. The Morgan fingerprint density at radius 2 is 0.500 bits per heavy atom. The fraction of sp³-hybridized carbons (Fsp3) is 0.0769. The van der Waals surface area contributed by atoms with Gasteiger partial charge >= 0.3 is 0 Å². The summed E-state index contributed by atoms with van der Waals surface area (Å²) in [6.07, 6.45) is 9.38. The number of amides is 6. The van der Waals surface area contributed by atoms with Gasteiger partial charge in [-0.3, -0.25) is 28.8 Å². The van der Waals surface area contributed by atoms with E-state index in [0.717, 1.165) is 48.1 Å². The van der Waals surface area contributed by atoms with Gasteiger partial charge in [0, 0.05) is 36.5 Å². The first-order valence-corrected chi connectivity index (χ1v) is 15.3. The SMILES string of the molecule is O=C1C=CC(=O)N1c1ccc(Cc2cc(Cc3ccc(N4C(=O)C=CC4=O)cc3)cc(Cc3ccc(N4C(=O)C=CC4=O)cc3)c2)cc1. The number of carbonyl (C=O) groups excluding carboxylic acids is 6. The molecule has 0 spiro atoms. The number of nitrogens with zero attached hydrogens (tertiary/aromatic N) is 3.